The molecule has 0 saturated carbocycles. The number of methoxy groups -OCH3 is 1. The third-order valence-electron chi connectivity index (χ3n) is 4.61. The van der Waals surface area contributed by atoms with Crippen molar-refractivity contribution in [2.75, 3.05) is 44.8 Å². The molecule has 0 atom stereocenters. The molecule has 1 amide bonds. The molecule has 0 radical (unpaired) electrons. The van der Waals surface area contributed by atoms with E-state index >= 15 is 0 Å². The summed E-state index contributed by atoms with van der Waals surface area (Å²) in [4.78, 5) is 16.6. The molecule has 1 fully saturated rings. The summed E-state index contributed by atoms with van der Waals surface area (Å²) in [5.74, 6) is 1.64. The number of hydrogen-bond acceptors (Lipinski definition) is 4. The molecule has 0 spiro atoms. The maximum atomic E-state index is 12.4. The minimum Gasteiger partial charge on any atom is -0.497 e. The lowest BCUT2D eigenvalue weighted by Crippen LogP contribution is -2.50. The predicted molar refractivity (Wildman–Crippen MR) is 103 cm³/mol. The Morgan fingerprint density at radius 1 is 0.962 bits per heavy atom. The molecule has 138 valence electrons. The van der Waals surface area contributed by atoms with Crippen LogP contribution in [0.15, 0.2) is 42.5 Å². The molecule has 1 heterocycles. The molecule has 1 aliphatic rings. The van der Waals surface area contributed by atoms with Gasteiger partial charge in [-0.25, -0.2) is 0 Å². The van der Waals surface area contributed by atoms with Crippen molar-refractivity contribution >= 4 is 11.6 Å². The number of rotatable bonds is 5. The van der Waals surface area contributed by atoms with Crippen molar-refractivity contribution in [2.24, 2.45) is 0 Å². The van der Waals surface area contributed by atoms with Gasteiger partial charge in [0.2, 0.25) is 0 Å². The second kappa shape index (κ2) is 8.13. The van der Waals surface area contributed by atoms with Crippen LogP contribution in [0.4, 0.5) is 5.69 Å². The van der Waals surface area contributed by atoms with E-state index in [1.807, 2.05) is 49.1 Å². The SMILES string of the molecule is COc1cccc(N2CCN(C(=O)COc3cc(C)cc(C)c3)CC2)c1. The van der Waals surface area contributed by atoms with Gasteiger partial charge in [-0.2, -0.15) is 0 Å². The van der Waals surface area contributed by atoms with E-state index in [2.05, 4.69) is 17.0 Å². The summed E-state index contributed by atoms with van der Waals surface area (Å²) in [5, 5.41) is 0. The van der Waals surface area contributed by atoms with Gasteiger partial charge in [-0.15, -0.1) is 0 Å². The molecule has 0 N–H and O–H groups in total. The molecular weight excluding hydrogens is 328 g/mol. The number of carbonyl (C=O) groups excluding carboxylic acids is 1. The monoisotopic (exact) mass is 354 g/mol. The average Bonchev–Trinajstić information content (AvgIpc) is 2.65. The van der Waals surface area contributed by atoms with Crippen molar-refractivity contribution in [1.29, 1.82) is 0 Å². The summed E-state index contributed by atoms with van der Waals surface area (Å²) in [5.41, 5.74) is 3.40. The topological polar surface area (TPSA) is 42.0 Å². The van der Waals surface area contributed by atoms with Crippen molar-refractivity contribution < 1.29 is 14.3 Å². The van der Waals surface area contributed by atoms with Crippen molar-refractivity contribution in [3.05, 3.63) is 53.6 Å². The number of piperazine rings is 1. The number of nitrogens with zero attached hydrogens (tertiary/aromatic N) is 2. The van der Waals surface area contributed by atoms with Gasteiger partial charge in [0.15, 0.2) is 6.61 Å². The molecule has 1 saturated heterocycles. The van der Waals surface area contributed by atoms with E-state index in [4.69, 9.17) is 9.47 Å². The van der Waals surface area contributed by atoms with Crippen molar-refractivity contribution in [3.8, 4) is 11.5 Å². The number of benzene rings is 2. The Kier molecular flexibility index (Phi) is 5.66. The zero-order valence-corrected chi connectivity index (χ0v) is 15.7. The van der Waals surface area contributed by atoms with Crippen LogP contribution in [0.5, 0.6) is 11.5 Å². The number of carbonyl (C=O) groups is 1. The fourth-order valence-electron chi connectivity index (χ4n) is 3.27. The molecule has 1 aliphatic heterocycles. The number of hydrogen-bond donors (Lipinski definition) is 0. The van der Waals surface area contributed by atoms with Crippen LogP contribution in [-0.2, 0) is 4.79 Å². The molecule has 0 bridgehead atoms. The van der Waals surface area contributed by atoms with Crippen LogP contribution < -0.4 is 14.4 Å². The van der Waals surface area contributed by atoms with Crippen LogP contribution in [0.25, 0.3) is 0 Å². The minimum atomic E-state index is 0.0365. The van der Waals surface area contributed by atoms with E-state index < -0.39 is 0 Å². The van der Waals surface area contributed by atoms with Crippen LogP contribution >= 0.6 is 0 Å². The number of anilines is 1. The maximum Gasteiger partial charge on any atom is 0.260 e. The Labute approximate surface area is 155 Å². The van der Waals surface area contributed by atoms with Crippen LogP contribution in [0.3, 0.4) is 0 Å². The lowest BCUT2D eigenvalue weighted by Gasteiger charge is -2.36. The van der Waals surface area contributed by atoms with Gasteiger partial charge >= 0.3 is 0 Å². The van der Waals surface area contributed by atoms with Gasteiger partial charge in [-0.3, -0.25) is 4.79 Å². The Bertz CT molecular complexity index is 747. The summed E-state index contributed by atoms with van der Waals surface area (Å²) in [6.07, 6.45) is 0. The van der Waals surface area contributed by atoms with Crippen LogP contribution in [0.1, 0.15) is 11.1 Å². The second-order valence-electron chi connectivity index (χ2n) is 6.68. The molecule has 2 aromatic carbocycles. The van der Waals surface area contributed by atoms with Gasteiger partial charge in [-0.05, 0) is 49.2 Å². The molecule has 2 aromatic rings. The highest BCUT2D eigenvalue weighted by atomic mass is 16.5. The quantitative estimate of drug-likeness (QED) is 0.828. The van der Waals surface area contributed by atoms with Crippen molar-refractivity contribution in [2.45, 2.75) is 13.8 Å². The highest BCUT2D eigenvalue weighted by Crippen LogP contribution is 2.22. The first-order chi connectivity index (χ1) is 12.5. The first-order valence-electron chi connectivity index (χ1n) is 8.93. The first kappa shape index (κ1) is 18.1. The highest BCUT2D eigenvalue weighted by Gasteiger charge is 2.21. The molecule has 5 heteroatoms. The van der Waals surface area contributed by atoms with Gasteiger partial charge < -0.3 is 19.3 Å². The second-order valence-corrected chi connectivity index (χ2v) is 6.68. The Morgan fingerprint density at radius 3 is 2.31 bits per heavy atom. The number of ether oxygens (including phenoxy) is 2. The van der Waals surface area contributed by atoms with Crippen LogP contribution in [0.2, 0.25) is 0 Å². The summed E-state index contributed by atoms with van der Waals surface area (Å²) >= 11 is 0. The summed E-state index contributed by atoms with van der Waals surface area (Å²) < 4.78 is 11.0. The largest absolute Gasteiger partial charge is 0.497 e. The maximum absolute atomic E-state index is 12.4. The molecule has 5 nitrogen and oxygen atoms in total. The zero-order valence-electron chi connectivity index (χ0n) is 15.7. The predicted octanol–water partition coefficient (Wildman–Crippen LogP) is 3.04. The van der Waals surface area contributed by atoms with E-state index in [0.29, 0.717) is 13.1 Å². The van der Waals surface area contributed by atoms with E-state index in [1.54, 1.807) is 7.11 Å². The Balaban J connectivity index is 1.51. The average molecular weight is 354 g/mol. The van der Waals surface area contributed by atoms with E-state index in [1.165, 1.54) is 0 Å². The Hall–Kier alpha value is -2.69. The van der Waals surface area contributed by atoms with E-state index in [0.717, 1.165) is 41.4 Å². The van der Waals surface area contributed by atoms with Crippen LogP contribution in [0, 0.1) is 13.8 Å². The fourth-order valence-corrected chi connectivity index (χ4v) is 3.27. The minimum absolute atomic E-state index is 0.0365. The fraction of sp³-hybridized carbons (Fsp3) is 0.381. The first-order valence-corrected chi connectivity index (χ1v) is 8.93. The molecule has 0 aromatic heterocycles. The van der Waals surface area contributed by atoms with Gasteiger partial charge in [0.1, 0.15) is 11.5 Å². The third-order valence-corrected chi connectivity index (χ3v) is 4.61. The Morgan fingerprint density at radius 2 is 1.65 bits per heavy atom. The number of amides is 1. The smallest absolute Gasteiger partial charge is 0.260 e. The summed E-state index contributed by atoms with van der Waals surface area (Å²) in [7, 11) is 1.67. The van der Waals surface area contributed by atoms with Gasteiger partial charge in [0.05, 0.1) is 7.11 Å². The lowest BCUT2D eigenvalue weighted by molar-refractivity contribution is -0.133. The normalized spacial score (nSPS) is 14.3. The lowest BCUT2D eigenvalue weighted by atomic mass is 10.1. The molecule has 3 rings (SSSR count). The van der Waals surface area contributed by atoms with Gasteiger partial charge in [-0.1, -0.05) is 12.1 Å². The highest BCUT2D eigenvalue weighted by molar-refractivity contribution is 5.78. The standard InChI is InChI=1S/C21H26N2O3/c1-16-11-17(2)13-20(12-16)26-15-21(24)23-9-7-22(8-10-23)18-5-4-6-19(14-18)25-3/h4-6,11-14H,7-10,15H2,1-3H3. The zero-order chi connectivity index (χ0) is 18.5. The summed E-state index contributed by atoms with van der Waals surface area (Å²) in [6.45, 7) is 7.16. The van der Waals surface area contributed by atoms with Crippen molar-refractivity contribution in [1.82, 2.24) is 4.90 Å². The van der Waals surface area contributed by atoms with Gasteiger partial charge in [0, 0.05) is 37.9 Å². The molecular formula is C21H26N2O3. The van der Waals surface area contributed by atoms with Crippen LogP contribution in [-0.4, -0.2) is 50.7 Å². The van der Waals surface area contributed by atoms with E-state index in [9.17, 15) is 4.79 Å². The molecule has 26 heavy (non-hydrogen) atoms. The molecule has 0 unspecified atom stereocenters. The van der Waals surface area contributed by atoms with E-state index in [-0.39, 0.29) is 12.5 Å². The number of aryl methyl sites for hydroxylation is 2. The molecule has 0 aliphatic carbocycles. The van der Waals surface area contributed by atoms with Crippen molar-refractivity contribution in [3.63, 3.8) is 0 Å². The van der Waals surface area contributed by atoms with Gasteiger partial charge in [0.25, 0.3) is 5.91 Å². The third kappa shape index (κ3) is 4.48. The summed E-state index contributed by atoms with van der Waals surface area (Å²) in [6, 6.07) is 14.0.